The van der Waals surface area contributed by atoms with Gasteiger partial charge in [-0.15, -0.1) is 0 Å². The smallest absolute Gasteiger partial charge is 0.387 e. The van der Waals surface area contributed by atoms with Crippen molar-refractivity contribution >= 4 is 11.7 Å². The molecule has 0 aromatic heterocycles. The molecule has 1 saturated carbocycles. The average Bonchev–Trinajstić information content (AvgIpc) is 3.13. The molecule has 2 aromatic rings. The van der Waals surface area contributed by atoms with Crippen LogP contribution in [0, 0.1) is 11.6 Å². The summed E-state index contributed by atoms with van der Waals surface area (Å²) in [4.78, 5) is 14.7. The van der Waals surface area contributed by atoms with E-state index in [0.29, 0.717) is 12.8 Å². The van der Waals surface area contributed by atoms with E-state index in [9.17, 15) is 22.4 Å². The number of methoxy groups -OCH3 is 1. The highest BCUT2D eigenvalue weighted by Crippen LogP contribution is 2.50. The van der Waals surface area contributed by atoms with E-state index >= 15 is 0 Å². The molecule has 1 heterocycles. The molecule has 1 aliphatic heterocycles. The van der Waals surface area contributed by atoms with E-state index in [1.54, 1.807) is 6.07 Å². The van der Waals surface area contributed by atoms with Gasteiger partial charge in [0.25, 0.3) is 0 Å². The van der Waals surface area contributed by atoms with Gasteiger partial charge in [0.2, 0.25) is 0 Å². The summed E-state index contributed by atoms with van der Waals surface area (Å²) in [6.45, 7) is -2.09. The number of benzene rings is 2. The maximum atomic E-state index is 13.4. The Hall–Kier alpha value is -3.01. The first kappa shape index (κ1) is 24.1. The quantitative estimate of drug-likeness (QED) is 0.577. The van der Waals surface area contributed by atoms with E-state index < -0.39 is 24.3 Å². The van der Waals surface area contributed by atoms with Gasteiger partial charge in [0.15, 0.2) is 23.1 Å². The van der Waals surface area contributed by atoms with E-state index in [4.69, 9.17) is 4.74 Å². The minimum Gasteiger partial charge on any atom is -0.493 e. The Morgan fingerprint density at radius 1 is 1.12 bits per heavy atom. The third kappa shape index (κ3) is 4.77. The molecule has 2 amide bonds. The summed E-state index contributed by atoms with van der Waals surface area (Å²) in [7, 11) is 3.45. The van der Waals surface area contributed by atoms with Gasteiger partial charge in [0.1, 0.15) is 0 Å². The Labute approximate surface area is 195 Å². The summed E-state index contributed by atoms with van der Waals surface area (Å²) in [5.41, 5.74) is 0.947. The number of hydrogen-bond acceptors (Lipinski definition) is 4. The standard InChI is InChI=1S/C24H27F4N3O3/c1-31-10-9-24(14-3-6-19(34-22(27)28)20(11-14)33-2)8-7-16(13-21(24)31)30-23(32)29-15-4-5-17(25)18(26)12-15/h3-6,11-12,16,21-22H,7-10,13H2,1-2H3,(H2,29,30,32)/t16-,21+,24-/m0/s1. The average molecular weight is 481 g/mol. The van der Waals surface area contributed by atoms with Crippen LogP contribution < -0.4 is 20.1 Å². The van der Waals surface area contributed by atoms with Crippen LogP contribution in [-0.4, -0.2) is 50.3 Å². The van der Waals surface area contributed by atoms with Crippen LogP contribution in [0.15, 0.2) is 36.4 Å². The van der Waals surface area contributed by atoms with Crippen molar-refractivity contribution < 1.29 is 31.8 Å². The van der Waals surface area contributed by atoms with Crippen molar-refractivity contribution in [3.05, 3.63) is 53.6 Å². The predicted octanol–water partition coefficient (Wildman–Crippen LogP) is 4.89. The first-order valence-electron chi connectivity index (χ1n) is 11.1. The molecular weight excluding hydrogens is 454 g/mol. The molecule has 2 aliphatic rings. The lowest BCUT2D eigenvalue weighted by molar-refractivity contribution is -0.0512. The first-order chi connectivity index (χ1) is 16.2. The normalized spacial score (nSPS) is 24.6. The summed E-state index contributed by atoms with van der Waals surface area (Å²) >= 11 is 0. The van der Waals surface area contributed by atoms with Gasteiger partial charge in [-0.1, -0.05) is 6.07 Å². The van der Waals surface area contributed by atoms with Crippen LogP contribution in [0.2, 0.25) is 0 Å². The van der Waals surface area contributed by atoms with Gasteiger partial charge in [-0.25, -0.2) is 13.6 Å². The summed E-state index contributed by atoms with van der Waals surface area (Å²) < 4.78 is 61.8. The number of nitrogens with zero attached hydrogens (tertiary/aromatic N) is 1. The minimum atomic E-state index is -2.94. The van der Waals surface area contributed by atoms with Crippen LogP contribution in [0.1, 0.15) is 31.2 Å². The van der Waals surface area contributed by atoms with Crippen LogP contribution in [0.3, 0.4) is 0 Å². The Kier molecular flexibility index (Phi) is 6.88. The van der Waals surface area contributed by atoms with Crippen LogP contribution in [-0.2, 0) is 5.41 Å². The van der Waals surface area contributed by atoms with Crippen molar-refractivity contribution in [1.82, 2.24) is 10.2 Å². The number of carbonyl (C=O) groups is 1. The number of amides is 2. The monoisotopic (exact) mass is 481 g/mol. The molecule has 0 radical (unpaired) electrons. The number of ether oxygens (including phenoxy) is 2. The summed E-state index contributed by atoms with van der Waals surface area (Å²) in [6.07, 6.45) is 3.04. The summed E-state index contributed by atoms with van der Waals surface area (Å²) in [5.74, 6) is -1.77. The van der Waals surface area contributed by atoms with Crippen molar-refractivity contribution in [3.8, 4) is 11.5 Å². The van der Waals surface area contributed by atoms with Gasteiger partial charge in [0, 0.05) is 29.3 Å². The van der Waals surface area contributed by atoms with Gasteiger partial charge in [0.05, 0.1) is 7.11 Å². The molecule has 2 aromatic carbocycles. The summed E-state index contributed by atoms with van der Waals surface area (Å²) in [6, 6.07) is 7.80. The Morgan fingerprint density at radius 2 is 1.91 bits per heavy atom. The molecule has 2 fully saturated rings. The number of urea groups is 1. The van der Waals surface area contributed by atoms with Gasteiger partial charge in [-0.05, 0) is 69.1 Å². The molecule has 6 nitrogen and oxygen atoms in total. The first-order valence-corrected chi connectivity index (χ1v) is 11.1. The molecule has 0 unspecified atom stereocenters. The van der Waals surface area contributed by atoms with E-state index in [2.05, 4.69) is 20.3 Å². The largest absolute Gasteiger partial charge is 0.493 e. The van der Waals surface area contributed by atoms with Crippen molar-refractivity contribution in [1.29, 1.82) is 0 Å². The van der Waals surface area contributed by atoms with Gasteiger partial charge in [-0.3, -0.25) is 0 Å². The zero-order valence-electron chi connectivity index (χ0n) is 18.9. The molecular formula is C24H27F4N3O3. The maximum Gasteiger partial charge on any atom is 0.387 e. The highest BCUT2D eigenvalue weighted by atomic mass is 19.3. The Bertz CT molecular complexity index is 1050. The number of nitrogens with one attached hydrogen (secondary N) is 2. The predicted molar refractivity (Wildman–Crippen MR) is 118 cm³/mol. The second-order valence-corrected chi connectivity index (χ2v) is 8.85. The highest BCUT2D eigenvalue weighted by Gasteiger charge is 2.50. The van der Waals surface area contributed by atoms with E-state index in [-0.39, 0.29) is 34.7 Å². The molecule has 2 N–H and O–H groups in total. The third-order valence-corrected chi connectivity index (χ3v) is 6.99. The lowest BCUT2D eigenvalue weighted by Gasteiger charge is -2.45. The van der Waals surface area contributed by atoms with Crippen molar-refractivity contribution in [2.24, 2.45) is 0 Å². The molecule has 184 valence electrons. The lowest BCUT2D eigenvalue weighted by Crippen LogP contribution is -2.52. The van der Waals surface area contributed by atoms with Crippen LogP contribution >= 0.6 is 0 Å². The van der Waals surface area contributed by atoms with Gasteiger partial charge < -0.3 is 25.0 Å². The number of fused-ring (bicyclic) bond motifs is 1. The Balaban J connectivity index is 1.47. The highest BCUT2D eigenvalue weighted by molar-refractivity contribution is 5.89. The third-order valence-electron chi connectivity index (χ3n) is 6.99. The molecule has 3 atom stereocenters. The zero-order chi connectivity index (χ0) is 24.5. The van der Waals surface area contributed by atoms with Crippen LogP contribution in [0.4, 0.5) is 28.0 Å². The molecule has 0 bridgehead atoms. The fourth-order valence-electron chi connectivity index (χ4n) is 5.35. The number of hydrogen-bond donors (Lipinski definition) is 2. The van der Waals surface area contributed by atoms with E-state index in [0.717, 1.165) is 37.1 Å². The Morgan fingerprint density at radius 3 is 2.62 bits per heavy atom. The number of carbonyl (C=O) groups excluding carboxylic acids is 1. The fourth-order valence-corrected chi connectivity index (χ4v) is 5.35. The van der Waals surface area contributed by atoms with E-state index in [1.165, 1.54) is 19.2 Å². The SMILES string of the molecule is COc1cc([C@@]23CC[C@H](NC(=O)Nc4ccc(F)c(F)c4)C[C@H]2N(C)CC3)ccc1OC(F)F. The molecule has 0 spiro atoms. The van der Waals surface area contributed by atoms with Crippen LogP contribution in [0.5, 0.6) is 11.5 Å². The second-order valence-electron chi connectivity index (χ2n) is 8.85. The molecule has 10 heteroatoms. The number of likely N-dealkylation sites (N-methyl/N-ethyl adjacent to an activating group) is 1. The number of rotatable bonds is 6. The topological polar surface area (TPSA) is 62.8 Å². The minimum absolute atomic E-state index is 0.00944. The fraction of sp³-hybridized carbons (Fsp3) is 0.458. The van der Waals surface area contributed by atoms with E-state index in [1.807, 2.05) is 13.1 Å². The molecule has 1 saturated heterocycles. The number of halogens is 4. The van der Waals surface area contributed by atoms with Gasteiger partial charge >= 0.3 is 12.6 Å². The zero-order valence-corrected chi connectivity index (χ0v) is 18.9. The van der Waals surface area contributed by atoms with Crippen LogP contribution in [0.25, 0.3) is 0 Å². The molecule has 4 rings (SSSR count). The maximum absolute atomic E-state index is 13.4. The van der Waals surface area contributed by atoms with Crippen molar-refractivity contribution in [2.75, 3.05) is 26.0 Å². The second kappa shape index (κ2) is 9.69. The summed E-state index contributed by atoms with van der Waals surface area (Å²) in [5, 5.41) is 5.48. The molecule has 1 aliphatic carbocycles. The lowest BCUT2D eigenvalue weighted by atomic mass is 9.65. The van der Waals surface area contributed by atoms with Gasteiger partial charge in [-0.2, -0.15) is 8.78 Å². The molecule has 34 heavy (non-hydrogen) atoms. The number of anilines is 1. The van der Waals surface area contributed by atoms with Crippen molar-refractivity contribution in [2.45, 2.75) is 49.8 Å². The number of likely N-dealkylation sites (tertiary alicyclic amines) is 1. The van der Waals surface area contributed by atoms with Crippen molar-refractivity contribution in [3.63, 3.8) is 0 Å². The number of alkyl halides is 2.